The summed E-state index contributed by atoms with van der Waals surface area (Å²) in [4.78, 5) is 11.4. The fourth-order valence-electron chi connectivity index (χ4n) is 2.02. The zero-order chi connectivity index (χ0) is 12.4. The second-order valence-electron chi connectivity index (χ2n) is 4.21. The van der Waals surface area contributed by atoms with Gasteiger partial charge in [0, 0.05) is 5.92 Å². The Kier molecular flexibility index (Phi) is 3.43. The molecule has 1 saturated carbocycles. The summed E-state index contributed by atoms with van der Waals surface area (Å²) in [5, 5.41) is 8.88. The highest BCUT2D eigenvalue weighted by Crippen LogP contribution is 2.49. The average molecular weight is 238 g/mol. The molecule has 0 radical (unpaired) electrons. The lowest BCUT2D eigenvalue weighted by atomic mass is 10.1. The molecule has 4 heteroatoms. The van der Waals surface area contributed by atoms with E-state index >= 15 is 0 Å². The van der Waals surface area contributed by atoms with E-state index in [2.05, 4.69) is 0 Å². The summed E-state index contributed by atoms with van der Waals surface area (Å²) < 4.78 is 18.6. The fraction of sp³-hybridized carbons (Fsp3) is 0.462. The van der Waals surface area contributed by atoms with E-state index in [1.165, 1.54) is 6.07 Å². The highest BCUT2D eigenvalue weighted by molar-refractivity contribution is 5.77. The molecule has 0 aliphatic heterocycles. The van der Waals surface area contributed by atoms with Crippen molar-refractivity contribution in [3.63, 3.8) is 0 Å². The largest absolute Gasteiger partial charge is 0.466 e. The van der Waals surface area contributed by atoms with Gasteiger partial charge < -0.3 is 9.84 Å². The summed E-state index contributed by atoms with van der Waals surface area (Å²) in [5.41, 5.74) is 1.08. The fourth-order valence-corrected chi connectivity index (χ4v) is 2.02. The van der Waals surface area contributed by atoms with Crippen LogP contribution in [0.25, 0.3) is 0 Å². The molecule has 17 heavy (non-hydrogen) atoms. The lowest BCUT2D eigenvalue weighted by Crippen LogP contribution is -2.07. The molecule has 92 valence electrons. The maximum Gasteiger partial charge on any atom is 0.309 e. The highest BCUT2D eigenvalue weighted by Gasteiger charge is 2.46. The Balaban J connectivity index is 2.08. The topological polar surface area (TPSA) is 46.5 Å². The molecule has 1 aromatic carbocycles. The van der Waals surface area contributed by atoms with Gasteiger partial charge in [-0.1, -0.05) is 12.1 Å². The third-order valence-corrected chi connectivity index (χ3v) is 3.03. The second-order valence-corrected chi connectivity index (χ2v) is 4.21. The Morgan fingerprint density at radius 1 is 1.59 bits per heavy atom. The molecular formula is C13H15FO3. The van der Waals surface area contributed by atoms with E-state index in [1.54, 1.807) is 19.1 Å². The van der Waals surface area contributed by atoms with E-state index in [1.807, 2.05) is 0 Å². The molecule has 1 aliphatic rings. The van der Waals surface area contributed by atoms with E-state index in [0.29, 0.717) is 24.2 Å². The van der Waals surface area contributed by atoms with Crippen molar-refractivity contribution in [2.45, 2.75) is 25.9 Å². The van der Waals surface area contributed by atoms with Gasteiger partial charge in [0.1, 0.15) is 5.82 Å². The van der Waals surface area contributed by atoms with Crippen LogP contribution >= 0.6 is 0 Å². The number of carbonyl (C=O) groups is 1. The zero-order valence-electron chi connectivity index (χ0n) is 9.65. The van der Waals surface area contributed by atoms with Gasteiger partial charge >= 0.3 is 5.97 Å². The number of rotatable bonds is 4. The van der Waals surface area contributed by atoms with Gasteiger partial charge in [-0.3, -0.25) is 4.79 Å². The van der Waals surface area contributed by atoms with Crippen LogP contribution in [-0.2, 0) is 16.1 Å². The lowest BCUT2D eigenvalue weighted by Gasteiger charge is -2.04. The molecule has 1 aromatic rings. The van der Waals surface area contributed by atoms with E-state index in [4.69, 9.17) is 9.84 Å². The van der Waals surface area contributed by atoms with Gasteiger partial charge in [0.25, 0.3) is 0 Å². The van der Waals surface area contributed by atoms with E-state index in [-0.39, 0.29) is 30.2 Å². The summed E-state index contributed by atoms with van der Waals surface area (Å²) in [6.45, 7) is 1.93. The van der Waals surface area contributed by atoms with Crippen molar-refractivity contribution in [3.8, 4) is 0 Å². The summed E-state index contributed by atoms with van der Waals surface area (Å²) in [6, 6.07) is 4.64. The lowest BCUT2D eigenvalue weighted by molar-refractivity contribution is -0.144. The molecule has 0 aromatic heterocycles. The molecule has 1 fully saturated rings. The number of aliphatic hydroxyl groups excluding tert-OH is 1. The minimum atomic E-state index is -0.353. The predicted octanol–water partition coefficient (Wildman–Crippen LogP) is 1.98. The van der Waals surface area contributed by atoms with E-state index in [9.17, 15) is 9.18 Å². The van der Waals surface area contributed by atoms with Crippen molar-refractivity contribution >= 4 is 5.97 Å². The number of halogens is 1. The van der Waals surface area contributed by atoms with Gasteiger partial charge in [0.15, 0.2) is 0 Å². The molecule has 2 rings (SSSR count). The quantitative estimate of drug-likeness (QED) is 0.816. The van der Waals surface area contributed by atoms with Gasteiger partial charge in [-0.05, 0) is 30.5 Å². The maximum absolute atomic E-state index is 13.7. The summed E-state index contributed by atoms with van der Waals surface area (Å²) in [7, 11) is 0. The van der Waals surface area contributed by atoms with Crippen LogP contribution in [0.15, 0.2) is 18.2 Å². The molecule has 2 atom stereocenters. The maximum atomic E-state index is 13.7. The first-order valence-electron chi connectivity index (χ1n) is 5.73. The molecule has 0 amide bonds. The van der Waals surface area contributed by atoms with Gasteiger partial charge in [-0.2, -0.15) is 0 Å². The minimum absolute atomic E-state index is 0.0678. The number of hydrogen-bond donors (Lipinski definition) is 1. The summed E-state index contributed by atoms with van der Waals surface area (Å²) >= 11 is 0. The summed E-state index contributed by atoms with van der Waals surface area (Å²) in [6.07, 6.45) is 0.647. The van der Waals surface area contributed by atoms with Crippen LogP contribution in [0.5, 0.6) is 0 Å². The minimum Gasteiger partial charge on any atom is -0.466 e. The van der Waals surface area contributed by atoms with Crippen LogP contribution in [0.4, 0.5) is 4.39 Å². The number of ether oxygens (including phenoxy) is 1. The first-order valence-corrected chi connectivity index (χ1v) is 5.73. The Bertz CT molecular complexity index is 431. The van der Waals surface area contributed by atoms with Crippen LogP contribution < -0.4 is 0 Å². The number of aliphatic hydroxyl groups is 1. The van der Waals surface area contributed by atoms with Crippen LogP contribution in [0.2, 0.25) is 0 Å². The molecule has 1 N–H and O–H groups in total. The molecular weight excluding hydrogens is 223 g/mol. The zero-order valence-corrected chi connectivity index (χ0v) is 9.65. The molecule has 0 bridgehead atoms. The van der Waals surface area contributed by atoms with Crippen molar-refractivity contribution in [2.24, 2.45) is 5.92 Å². The third kappa shape index (κ3) is 2.47. The van der Waals surface area contributed by atoms with Crippen molar-refractivity contribution in [3.05, 3.63) is 35.1 Å². The average Bonchev–Trinajstić information content (AvgIpc) is 3.09. The Morgan fingerprint density at radius 3 is 2.94 bits per heavy atom. The number of hydrogen-bond acceptors (Lipinski definition) is 3. The molecule has 2 unspecified atom stereocenters. The van der Waals surface area contributed by atoms with Crippen LogP contribution in [-0.4, -0.2) is 17.7 Å². The Morgan fingerprint density at radius 2 is 2.35 bits per heavy atom. The normalized spacial score (nSPS) is 22.3. The van der Waals surface area contributed by atoms with Crippen LogP contribution in [0.1, 0.15) is 30.4 Å². The Hall–Kier alpha value is -1.42. The number of esters is 1. The van der Waals surface area contributed by atoms with Crippen LogP contribution in [0, 0.1) is 11.7 Å². The number of carbonyl (C=O) groups excluding carboxylic acids is 1. The van der Waals surface area contributed by atoms with Crippen molar-refractivity contribution in [1.29, 1.82) is 0 Å². The predicted molar refractivity (Wildman–Crippen MR) is 59.8 cm³/mol. The van der Waals surface area contributed by atoms with E-state index < -0.39 is 0 Å². The number of benzene rings is 1. The standard InChI is InChI=1S/C13H15FO3/c1-2-17-13(16)11-6-10(11)9-4-3-8(7-15)5-12(9)14/h3-5,10-11,15H,2,6-7H2,1H3. The van der Waals surface area contributed by atoms with Gasteiger partial charge in [0.05, 0.1) is 19.1 Å². The van der Waals surface area contributed by atoms with Crippen molar-refractivity contribution in [1.82, 2.24) is 0 Å². The summed E-state index contributed by atoms with van der Waals surface area (Å²) in [5.74, 6) is -0.872. The van der Waals surface area contributed by atoms with Crippen LogP contribution in [0.3, 0.4) is 0 Å². The smallest absolute Gasteiger partial charge is 0.309 e. The molecule has 3 nitrogen and oxygen atoms in total. The van der Waals surface area contributed by atoms with Gasteiger partial charge in [-0.25, -0.2) is 4.39 Å². The first-order chi connectivity index (χ1) is 8.17. The third-order valence-electron chi connectivity index (χ3n) is 3.03. The monoisotopic (exact) mass is 238 g/mol. The molecule has 0 saturated heterocycles. The van der Waals surface area contributed by atoms with Crippen molar-refractivity contribution in [2.75, 3.05) is 6.61 Å². The van der Waals surface area contributed by atoms with Gasteiger partial charge in [-0.15, -0.1) is 0 Å². The highest BCUT2D eigenvalue weighted by atomic mass is 19.1. The Labute approximate surface area is 99.2 Å². The molecule has 1 aliphatic carbocycles. The molecule has 0 spiro atoms. The first kappa shape index (κ1) is 12.0. The van der Waals surface area contributed by atoms with Crippen molar-refractivity contribution < 1.29 is 19.0 Å². The second kappa shape index (κ2) is 4.84. The SMILES string of the molecule is CCOC(=O)C1CC1c1ccc(CO)cc1F. The molecule has 0 heterocycles. The van der Waals surface area contributed by atoms with E-state index in [0.717, 1.165) is 0 Å². The van der Waals surface area contributed by atoms with Gasteiger partial charge in [0.2, 0.25) is 0 Å².